The van der Waals surface area contributed by atoms with Crippen molar-refractivity contribution in [2.45, 2.75) is 0 Å². The number of rotatable bonds is 4. The summed E-state index contributed by atoms with van der Waals surface area (Å²) in [6, 6.07) is 12.9. The molecule has 0 aliphatic rings. The monoisotopic (exact) mass is 285 g/mol. The fourth-order valence-electron chi connectivity index (χ4n) is 1.80. The van der Waals surface area contributed by atoms with E-state index in [0.717, 1.165) is 5.69 Å². The van der Waals surface area contributed by atoms with Crippen molar-refractivity contribution < 1.29 is 9.72 Å². The average molecular weight is 285 g/mol. The molecule has 2 aromatic carbocycles. The van der Waals surface area contributed by atoms with Crippen LogP contribution in [-0.4, -0.2) is 24.9 Å². The molecular weight excluding hydrogens is 270 g/mol. The smallest absolute Gasteiger partial charge is 0.269 e. The molecule has 0 aliphatic carbocycles. The summed E-state index contributed by atoms with van der Waals surface area (Å²) >= 11 is 0. The molecule has 1 N–H and O–H groups in total. The van der Waals surface area contributed by atoms with E-state index in [1.807, 2.05) is 37.2 Å². The lowest BCUT2D eigenvalue weighted by molar-refractivity contribution is -0.384. The number of carbonyl (C=O) groups excluding carboxylic acids is 1. The highest BCUT2D eigenvalue weighted by atomic mass is 16.6. The van der Waals surface area contributed by atoms with Gasteiger partial charge in [0.05, 0.1) is 4.92 Å². The molecule has 0 atom stereocenters. The third-order valence-corrected chi connectivity index (χ3v) is 2.96. The molecule has 21 heavy (non-hydrogen) atoms. The number of carbonyl (C=O) groups is 1. The van der Waals surface area contributed by atoms with Crippen LogP contribution in [0.15, 0.2) is 48.5 Å². The molecular formula is C15H15N3O3. The third kappa shape index (κ3) is 3.56. The normalized spacial score (nSPS) is 10.0. The number of hydrogen-bond donors (Lipinski definition) is 1. The number of anilines is 2. The zero-order chi connectivity index (χ0) is 15.4. The maximum atomic E-state index is 12.1. The molecule has 0 aromatic heterocycles. The van der Waals surface area contributed by atoms with Gasteiger partial charge in [-0.25, -0.2) is 0 Å². The molecule has 0 fully saturated rings. The largest absolute Gasteiger partial charge is 0.378 e. The van der Waals surface area contributed by atoms with E-state index >= 15 is 0 Å². The lowest BCUT2D eigenvalue weighted by atomic mass is 10.2. The molecule has 2 aromatic rings. The fourth-order valence-corrected chi connectivity index (χ4v) is 1.80. The second kappa shape index (κ2) is 6.04. The number of nitrogens with zero attached hydrogens (tertiary/aromatic N) is 2. The van der Waals surface area contributed by atoms with Crippen LogP contribution in [0.2, 0.25) is 0 Å². The van der Waals surface area contributed by atoms with Gasteiger partial charge in [-0.3, -0.25) is 14.9 Å². The summed E-state index contributed by atoms with van der Waals surface area (Å²) in [5.74, 6) is -0.305. The van der Waals surface area contributed by atoms with Crippen molar-refractivity contribution in [2.75, 3.05) is 24.3 Å². The second-order valence-electron chi connectivity index (χ2n) is 4.70. The number of hydrogen-bond acceptors (Lipinski definition) is 4. The van der Waals surface area contributed by atoms with Gasteiger partial charge in [0.1, 0.15) is 0 Å². The highest BCUT2D eigenvalue weighted by Gasteiger charge is 2.10. The maximum Gasteiger partial charge on any atom is 0.269 e. The molecule has 0 bridgehead atoms. The van der Waals surface area contributed by atoms with E-state index < -0.39 is 4.92 Å². The number of nitrogens with one attached hydrogen (secondary N) is 1. The van der Waals surface area contributed by atoms with Gasteiger partial charge >= 0.3 is 0 Å². The molecule has 1 amide bonds. The van der Waals surface area contributed by atoms with Crippen LogP contribution in [-0.2, 0) is 0 Å². The topological polar surface area (TPSA) is 75.5 Å². The highest BCUT2D eigenvalue weighted by molar-refractivity contribution is 6.04. The molecule has 108 valence electrons. The minimum atomic E-state index is -0.498. The van der Waals surface area contributed by atoms with Gasteiger partial charge in [-0.05, 0) is 30.3 Å². The number of non-ortho nitro benzene ring substituents is 1. The van der Waals surface area contributed by atoms with Gasteiger partial charge in [0.2, 0.25) is 0 Å². The average Bonchev–Trinajstić information content (AvgIpc) is 2.47. The van der Waals surface area contributed by atoms with Crippen molar-refractivity contribution in [3.8, 4) is 0 Å². The van der Waals surface area contributed by atoms with E-state index in [4.69, 9.17) is 0 Å². The predicted octanol–water partition coefficient (Wildman–Crippen LogP) is 2.91. The van der Waals surface area contributed by atoms with Crippen molar-refractivity contribution in [3.05, 3.63) is 64.2 Å². The van der Waals surface area contributed by atoms with Gasteiger partial charge in [-0.15, -0.1) is 0 Å². The lowest BCUT2D eigenvalue weighted by Gasteiger charge is -2.14. The van der Waals surface area contributed by atoms with E-state index in [1.54, 1.807) is 6.07 Å². The first-order valence-electron chi connectivity index (χ1n) is 6.30. The Balaban J connectivity index is 2.14. The number of benzene rings is 2. The first-order valence-corrected chi connectivity index (χ1v) is 6.30. The summed E-state index contributed by atoms with van der Waals surface area (Å²) in [5.41, 5.74) is 1.97. The fraction of sp³-hybridized carbons (Fsp3) is 0.133. The Morgan fingerprint density at radius 1 is 1.14 bits per heavy atom. The van der Waals surface area contributed by atoms with Crippen LogP contribution in [0.25, 0.3) is 0 Å². The van der Waals surface area contributed by atoms with Crippen LogP contribution in [0.3, 0.4) is 0 Å². The predicted molar refractivity (Wildman–Crippen MR) is 81.8 cm³/mol. The first-order chi connectivity index (χ1) is 9.97. The summed E-state index contributed by atoms with van der Waals surface area (Å²) in [7, 11) is 3.83. The van der Waals surface area contributed by atoms with Gasteiger partial charge in [-0.2, -0.15) is 0 Å². The number of nitro groups is 1. The summed E-state index contributed by atoms with van der Waals surface area (Å²) in [5, 5.41) is 13.3. The summed E-state index contributed by atoms with van der Waals surface area (Å²) in [6.45, 7) is 0. The van der Waals surface area contributed by atoms with E-state index in [1.165, 1.54) is 24.3 Å². The molecule has 6 nitrogen and oxygen atoms in total. The minimum absolute atomic E-state index is 0.0406. The van der Waals surface area contributed by atoms with Crippen LogP contribution in [0.4, 0.5) is 17.1 Å². The molecule has 0 saturated carbocycles. The van der Waals surface area contributed by atoms with Crippen molar-refractivity contribution >= 4 is 23.0 Å². The zero-order valence-corrected chi connectivity index (χ0v) is 11.7. The van der Waals surface area contributed by atoms with Gasteiger partial charge in [0, 0.05) is 43.2 Å². The van der Waals surface area contributed by atoms with Crippen LogP contribution < -0.4 is 10.2 Å². The standard InChI is InChI=1S/C15H15N3O3/c1-17(2)14-5-3-4-12(10-14)16-15(19)11-6-8-13(9-7-11)18(20)21/h3-10H,1-2H3,(H,16,19). The second-order valence-corrected chi connectivity index (χ2v) is 4.70. The summed E-state index contributed by atoms with van der Waals surface area (Å²) < 4.78 is 0. The van der Waals surface area contributed by atoms with Gasteiger partial charge in [0.25, 0.3) is 11.6 Å². The van der Waals surface area contributed by atoms with E-state index in [0.29, 0.717) is 11.3 Å². The Morgan fingerprint density at radius 2 is 1.81 bits per heavy atom. The van der Waals surface area contributed by atoms with E-state index in [-0.39, 0.29) is 11.6 Å². The zero-order valence-electron chi connectivity index (χ0n) is 11.7. The SMILES string of the molecule is CN(C)c1cccc(NC(=O)c2ccc([N+](=O)[O-])cc2)c1. The van der Waals surface area contributed by atoms with Gasteiger partial charge in [0.15, 0.2) is 0 Å². The summed E-state index contributed by atoms with van der Waals surface area (Å²) in [6.07, 6.45) is 0. The van der Waals surface area contributed by atoms with Gasteiger partial charge < -0.3 is 10.2 Å². The summed E-state index contributed by atoms with van der Waals surface area (Å²) in [4.78, 5) is 24.1. The number of amides is 1. The third-order valence-electron chi connectivity index (χ3n) is 2.96. The highest BCUT2D eigenvalue weighted by Crippen LogP contribution is 2.18. The van der Waals surface area contributed by atoms with Gasteiger partial charge in [-0.1, -0.05) is 6.07 Å². The van der Waals surface area contributed by atoms with E-state index in [9.17, 15) is 14.9 Å². The van der Waals surface area contributed by atoms with Crippen molar-refractivity contribution in [2.24, 2.45) is 0 Å². The molecule has 6 heteroatoms. The Labute approximate surface area is 122 Å². The Hall–Kier alpha value is -2.89. The van der Waals surface area contributed by atoms with Crippen molar-refractivity contribution in [1.82, 2.24) is 0 Å². The lowest BCUT2D eigenvalue weighted by Crippen LogP contribution is -2.13. The molecule has 0 heterocycles. The molecule has 0 saturated heterocycles. The molecule has 0 radical (unpaired) electrons. The van der Waals surface area contributed by atoms with Crippen molar-refractivity contribution in [1.29, 1.82) is 0 Å². The first kappa shape index (κ1) is 14.5. The van der Waals surface area contributed by atoms with Crippen LogP contribution in [0.5, 0.6) is 0 Å². The van der Waals surface area contributed by atoms with Crippen LogP contribution in [0, 0.1) is 10.1 Å². The molecule has 0 aliphatic heterocycles. The maximum absolute atomic E-state index is 12.1. The molecule has 0 unspecified atom stereocenters. The van der Waals surface area contributed by atoms with Crippen LogP contribution >= 0.6 is 0 Å². The Morgan fingerprint density at radius 3 is 2.38 bits per heavy atom. The number of nitro benzene ring substituents is 1. The molecule has 0 spiro atoms. The van der Waals surface area contributed by atoms with Crippen molar-refractivity contribution in [3.63, 3.8) is 0 Å². The molecule has 2 rings (SSSR count). The van der Waals surface area contributed by atoms with Crippen LogP contribution in [0.1, 0.15) is 10.4 Å². The minimum Gasteiger partial charge on any atom is -0.378 e. The quantitative estimate of drug-likeness (QED) is 0.692. The Bertz CT molecular complexity index is 666. The Kier molecular flexibility index (Phi) is 4.18. The van der Waals surface area contributed by atoms with E-state index in [2.05, 4.69) is 5.32 Å².